The van der Waals surface area contributed by atoms with Crippen LogP contribution in [0.2, 0.25) is 0 Å². The van der Waals surface area contributed by atoms with E-state index in [4.69, 9.17) is 0 Å². The molecule has 0 spiro atoms. The third kappa shape index (κ3) is 6.50. The first-order chi connectivity index (χ1) is 5.97. The van der Waals surface area contributed by atoms with E-state index in [1.54, 1.807) is 0 Å². The van der Waals surface area contributed by atoms with Crippen molar-refractivity contribution in [1.29, 1.82) is 0 Å². The maximum atomic E-state index is 3.52. The van der Waals surface area contributed by atoms with Crippen molar-refractivity contribution < 1.29 is 0 Å². The monoisotopic (exact) mass is 249 g/mol. The molecule has 2 heteroatoms. The van der Waals surface area contributed by atoms with Gasteiger partial charge in [-0.2, -0.15) is 0 Å². The molecule has 0 bridgehead atoms. The second kappa shape index (κ2) is 6.83. The number of hydrogen-bond acceptors (Lipinski definition) is 1. The normalized spacial score (nSPS) is 16.6. The number of hydrogen-bond donors (Lipinski definition) is 0. The van der Waals surface area contributed by atoms with E-state index in [2.05, 4.69) is 55.6 Å². The van der Waals surface area contributed by atoms with Crippen LogP contribution in [0, 0.1) is 11.8 Å². The highest BCUT2D eigenvalue weighted by Crippen LogP contribution is 2.11. The Bertz CT molecular complexity index is 125. The topological polar surface area (TPSA) is 3.24 Å². The molecule has 0 heterocycles. The van der Waals surface area contributed by atoms with Crippen LogP contribution in [-0.4, -0.2) is 29.9 Å². The molecule has 0 aliphatic heterocycles. The molecule has 2 atom stereocenters. The van der Waals surface area contributed by atoms with Crippen molar-refractivity contribution in [1.82, 2.24) is 4.90 Å². The highest BCUT2D eigenvalue weighted by molar-refractivity contribution is 9.09. The first kappa shape index (κ1) is 13.4. The minimum Gasteiger partial charge on any atom is -0.303 e. The highest BCUT2D eigenvalue weighted by atomic mass is 79.9. The average molecular weight is 250 g/mol. The van der Waals surface area contributed by atoms with Crippen molar-refractivity contribution in [2.45, 2.75) is 40.2 Å². The molecule has 0 aliphatic rings. The van der Waals surface area contributed by atoms with E-state index < -0.39 is 0 Å². The Balaban J connectivity index is 3.74. The molecule has 13 heavy (non-hydrogen) atoms. The fourth-order valence-electron chi connectivity index (χ4n) is 1.58. The van der Waals surface area contributed by atoms with Crippen molar-refractivity contribution in [2.75, 3.05) is 18.9 Å². The molecule has 0 fully saturated rings. The molecule has 0 N–H and O–H groups in total. The molecule has 0 rings (SSSR count). The molecule has 0 saturated carbocycles. The Morgan fingerprint density at radius 3 is 2.08 bits per heavy atom. The first-order valence-electron chi connectivity index (χ1n) is 5.23. The Hall–Kier alpha value is 0.440. The third-order valence-electron chi connectivity index (χ3n) is 2.43. The van der Waals surface area contributed by atoms with E-state index in [1.807, 2.05) is 0 Å². The summed E-state index contributed by atoms with van der Waals surface area (Å²) in [4.78, 5) is 2.46. The molecule has 0 amide bonds. The summed E-state index contributed by atoms with van der Waals surface area (Å²) >= 11 is 3.52. The Morgan fingerprint density at radius 2 is 1.69 bits per heavy atom. The van der Waals surface area contributed by atoms with E-state index in [-0.39, 0.29) is 0 Å². The van der Waals surface area contributed by atoms with Crippen molar-refractivity contribution in [3.05, 3.63) is 0 Å². The smallest absolute Gasteiger partial charge is 0.00692 e. The number of alkyl halides is 1. The van der Waals surface area contributed by atoms with Crippen molar-refractivity contribution in [3.63, 3.8) is 0 Å². The minimum atomic E-state index is 0.710. The lowest BCUT2D eigenvalue weighted by atomic mass is 10.0. The van der Waals surface area contributed by atoms with Crippen LogP contribution >= 0.6 is 15.9 Å². The van der Waals surface area contributed by atoms with Gasteiger partial charge in [0.15, 0.2) is 0 Å². The van der Waals surface area contributed by atoms with Gasteiger partial charge in [0.2, 0.25) is 0 Å². The van der Waals surface area contributed by atoms with Crippen LogP contribution in [0.3, 0.4) is 0 Å². The summed E-state index contributed by atoms with van der Waals surface area (Å²) in [6.07, 6.45) is 1.30. The van der Waals surface area contributed by atoms with Crippen LogP contribution < -0.4 is 0 Å². The second-order valence-corrected chi connectivity index (χ2v) is 5.33. The van der Waals surface area contributed by atoms with Gasteiger partial charge in [0.05, 0.1) is 0 Å². The minimum absolute atomic E-state index is 0.710. The van der Waals surface area contributed by atoms with Gasteiger partial charge in [-0.3, -0.25) is 0 Å². The van der Waals surface area contributed by atoms with Gasteiger partial charge >= 0.3 is 0 Å². The van der Waals surface area contributed by atoms with Gasteiger partial charge in [-0.15, -0.1) is 0 Å². The summed E-state index contributed by atoms with van der Waals surface area (Å²) in [6.45, 7) is 10.4. The van der Waals surface area contributed by atoms with E-state index in [0.29, 0.717) is 6.04 Å². The maximum Gasteiger partial charge on any atom is 0.00692 e. The number of rotatable bonds is 6. The van der Waals surface area contributed by atoms with Crippen molar-refractivity contribution >= 4 is 15.9 Å². The third-order valence-corrected chi connectivity index (χ3v) is 3.53. The molecule has 0 aliphatic carbocycles. The SMILES string of the molecule is CC(C)CC(C)N(C)CC(C)CBr. The fourth-order valence-corrected chi connectivity index (χ4v) is 1.79. The van der Waals surface area contributed by atoms with Crippen LogP contribution in [0.25, 0.3) is 0 Å². The van der Waals surface area contributed by atoms with Crippen LogP contribution in [0.1, 0.15) is 34.1 Å². The van der Waals surface area contributed by atoms with Crippen LogP contribution in [0.5, 0.6) is 0 Å². The second-order valence-electron chi connectivity index (χ2n) is 4.68. The lowest BCUT2D eigenvalue weighted by Crippen LogP contribution is -2.34. The molecule has 1 nitrogen and oxygen atoms in total. The summed E-state index contributed by atoms with van der Waals surface area (Å²) in [6, 6.07) is 0.710. The molecule has 80 valence electrons. The Morgan fingerprint density at radius 1 is 1.15 bits per heavy atom. The molecular formula is C11H24BrN. The zero-order valence-corrected chi connectivity index (χ0v) is 11.3. The van der Waals surface area contributed by atoms with Gasteiger partial charge in [0.1, 0.15) is 0 Å². The van der Waals surface area contributed by atoms with Crippen LogP contribution in [-0.2, 0) is 0 Å². The summed E-state index contributed by atoms with van der Waals surface area (Å²) in [7, 11) is 2.23. The lowest BCUT2D eigenvalue weighted by Gasteiger charge is -2.28. The summed E-state index contributed by atoms with van der Waals surface area (Å²) in [5, 5.41) is 1.10. The van der Waals surface area contributed by atoms with E-state index >= 15 is 0 Å². The molecule has 0 aromatic heterocycles. The molecule has 2 unspecified atom stereocenters. The van der Waals surface area contributed by atoms with Gasteiger partial charge in [-0.25, -0.2) is 0 Å². The van der Waals surface area contributed by atoms with Gasteiger partial charge in [-0.1, -0.05) is 36.7 Å². The summed E-state index contributed by atoms with van der Waals surface area (Å²) in [5.41, 5.74) is 0. The van der Waals surface area contributed by atoms with Crippen molar-refractivity contribution in [2.24, 2.45) is 11.8 Å². The molecule has 0 saturated heterocycles. The molecule has 0 aromatic carbocycles. The van der Waals surface area contributed by atoms with Gasteiger partial charge < -0.3 is 4.90 Å². The van der Waals surface area contributed by atoms with Gasteiger partial charge in [-0.05, 0) is 32.2 Å². The van der Waals surface area contributed by atoms with Gasteiger partial charge in [0.25, 0.3) is 0 Å². The molecule has 0 aromatic rings. The fraction of sp³-hybridized carbons (Fsp3) is 1.00. The van der Waals surface area contributed by atoms with E-state index in [9.17, 15) is 0 Å². The molecule has 0 radical (unpaired) electrons. The van der Waals surface area contributed by atoms with E-state index in [1.165, 1.54) is 13.0 Å². The largest absolute Gasteiger partial charge is 0.303 e. The van der Waals surface area contributed by atoms with Crippen LogP contribution in [0.15, 0.2) is 0 Å². The molecular weight excluding hydrogens is 226 g/mol. The highest BCUT2D eigenvalue weighted by Gasteiger charge is 2.12. The lowest BCUT2D eigenvalue weighted by molar-refractivity contribution is 0.208. The van der Waals surface area contributed by atoms with Crippen molar-refractivity contribution in [3.8, 4) is 0 Å². The number of halogens is 1. The van der Waals surface area contributed by atoms with Gasteiger partial charge in [0, 0.05) is 17.9 Å². The zero-order chi connectivity index (χ0) is 10.4. The number of nitrogens with zero attached hydrogens (tertiary/aromatic N) is 1. The predicted molar refractivity (Wildman–Crippen MR) is 64.5 cm³/mol. The summed E-state index contributed by atoms with van der Waals surface area (Å²) < 4.78 is 0. The quantitative estimate of drug-likeness (QED) is 0.653. The standard InChI is InChI=1S/C11H24BrN/c1-9(2)6-11(4)13(5)8-10(3)7-12/h9-11H,6-8H2,1-5H3. The zero-order valence-electron chi connectivity index (χ0n) is 9.68. The Kier molecular flexibility index (Phi) is 7.06. The predicted octanol–water partition coefficient (Wildman–Crippen LogP) is 3.38. The average Bonchev–Trinajstić information content (AvgIpc) is 2.02. The first-order valence-corrected chi connectivity index (χ1v) is 6.35. The Labute approximate surface area is 92.0 Å². The maximum absolute atomic E-state index is 3.52. The van der Waals surface area contributed by atoms with Crippen LogP contribution in [0.4, 0.5) is 0 Å². The van der Waals surface area contributed by atoms with E-state index in [0.717, 1.165) is 17.2 Å². The summed E-state index contributed by atoms with van der Waals surface area (Å²) in [5.74, 6) is 1.55.